The Morgan fingerprint density at radius 3 is 2.31 bits per heavy atom. The Morgan fingerprint density at radius 1 is 0.905 bits per heavy atom. The first-order valence-corrected chi connectivity index (χ1v) is 14.8. The number of aryl methyl sites for hydroxylation is 1. The minimum absolute atomic E-state index is 0.0687. The Kier molecular flexibility index (Phi) is 8.39. The Labute approximate surface area is 246 Å². The normalized spacial score (nSPS) is 19.5. The van der Waals surface area contributed by atoms with E-state index in [2.05, 4.69) is 32.3 Å². The topological polar surface area (TPSA) is 99.9 Å². The van der Waals surface area contributed by atoms with E-state index in [1.165, 1.54) is 6.07 Å². The fourth-order valence-corrected chi connectivity index (χ4v) is 6.29. The van der Waals surface area contributed by atoms with Crippen LogP contribution in [-0.2, 0) is 11.3 Å². The van der Waals surface area contributed by atoms with E-state index in [1.54, 1.807) is 13.2 Å². The Hall–Kier alpha value is -3.57. The van der Waals surface area contributed by atoms with Gasteiger partial charge in [-0.1, -0.05) is 0 Å². The molecule has 6 rings (SSSR count). The van der Waals surface area contributed by atoms with E-state index in [9.17, 15) is 15.0 Å². The second-order valence-corrected chi connectivity index (χ2v) is 11.3. The SMILES string of the molecule is COc1ccc2c(c1)c(/C=C1\Oc3cc(O)cc(O)c3C1=O)c(C)n2CCCN1CCN(CCN2CCOCC2)CC1. The molecule has 0 bridgehead atoms. The van der Waals surface area contributed by atoms with Gasteiger partial charge in [0.15, 0.2) is 5.76 Å². The van der Waals surface area contributed by atoms with Crippen molar-refractivity contribution in [2.75, 3.05) is 79.2 Å². The number of ether oxygens (including phenoxy) is 3. The first-order chi connectivity index (χ1) is 20.4. The second kappa shape index (κ2) is 12.3. The van der Waals surface area contributed by atoms with Crippen molar-refractivity contribution in [3.05, 3.63) is 52.9 Å². The van der Waals surface area contributed by atoms with Gasteiger partial charge in [-0.3, -0.25) is 14.6 Å². The molecule has 3 aromatic rings. The maximum absolute atomic E-state index is 13.1. The first kappa shape index (κ1) is 28.5. The highest BCUT2D eigenvalue weighted by atomic mass is 16.5. The Balaban J connectivity index is 1.13. The summed E-state index contributed by atoms with van der Waals surface area (Å²) in [6, 6.07) is 8.50. The van der Waals surface area contributed by atoms with Crippen LogP contribution in [0, 0.1) is 6.92 Å². The number of Topliss-reactive ketones (excluding diaryl/α,β-unsaturated/α-hetero) is 1. The number of phenolic OH excluding ortho intramolecular Hbond substituents is 2. The third-order valence-corrected chi connectivity index (χ3v) is 8.75. The monoisotopic (exact) mass is 576 g/mol. The van der Waals surface area contributed by atoms with Crippen LogP contribution in [0.1, 0.15) is 28.0 Å². The van der Waals surface area contributed by atoms with Crippen LogP contribution in [0.5, 0.6) is 23.0 Å². The molecule has 0 atom stereocenters. The van der Waals surface area contributed by atoms with E-state index in [1.807, 2.05) is 12.1 Å². The zero-order chi connectivity index (χ0) is 29.2. The number of benzene rings is 2. The van der Waals surface area contributed by atoms with Gasteiger partial charge >= 0.3 is 0 Å². The number of aromatic hydroxyl groups is 2. The fraction of sp³-hybridized carbons (Fsp3) is 0.469. The van der Waals surface area contributed by atoms with Crippen LogP contribution in [0.2, 0.25) is 0 Å². The van der Waals surface area contributed by atoms with E-state index < -0.39 is 5.78 Å². The van der Waals surface area contributed by atoms with Gasteiger partial charge in [0.1, 0.15) is 28.6 Å². The van der Waals surface area contributed by atoms with Crippen LogP contribution in [0.4, 0.5) is 0 Å². The predicted octanol–water partition coefficient (Wildman–Crippen LogP) is 3.33. The number of nitrogens with zero attached hydrogens (tertiary/aromatic N) is 4. The lowest BCUT2D eigenvalue weighted by Crippen LogP contribution is -2.49. The number of carbonyl (C=O) groups excluding carboxylic acids is 1. The van der Waals surface area contributed by atoms with E-state index in [4.69, 9.17) is 14.2 Å². The van der Waals surface area contributed by atoms with Gasteiger partial charge in [-0.2, -0.15) is 0 Å². The average Bonchev–Trinajstić information content (AvgIpc) is 3.45. The van der Waals surface area contributed by atoms with E-state index in [-0.39, 0.29) is 28.6 Å². The average molecular weight is 577 g/mol. The summed E-state index contributed by atoms with van der Waals surface area (Å²) in [5.41, 5.74) is 3.03. The van der Waals surface area contributed by atoms with Crippen molar-refractivity contribution in [2.45, 2.75) is 19.9 Å². The molecule has 2 aromatic carbocycles. The van der Waals surface area contributed by atoms with Crippen molar-refractivity contribution >= 4 is 22.8 Å². The maximum Gasteiger partial charge on any atom is 0.235 e. The molecule has 42 heavy (non-hydrogen) atoms. The van der Waals surface area contributed by atoms with Crippen molar-refractivity contribution < 1.29 is 29.2 Å². The zero-order valence-corrected chi connectivity index (χ0v) is 24.5. The number of aromatic nitrogens is 1. The van der Waals surface area contributed by atoms with Gasteiger partial charge in [0.05, 0.1) is 20.3 Å². The zero-order valence-electron chi connectivity index (χ0n) is 24.5. The smallest absolute Gasteiger partial charge is 0.235 e. The summed E-state index contributed by atoms with van der Waals surface area (Å²) in [7, 11) is 1.64. The molecule has 2 N–H and O–H groups in total. The van der Waals surface area contributed by atoms with Crippen LogP contribution in [0.25, 0.3) is 17.0 Å². The summed E-state index contributed by atoms with van der Waals surface area (Å²) in [4.78, 5) is 20.8. The number of fused-ring (bicyclic) bond motifs is 2. The molecule has 2 fully saturated rings. The summed E-state index contributed by atoms with van der Waals surface area (Å²) in [5, 5.41) is 21.1. The first-order valence-electron chi connectivity index (χ1n) is 14.8. The van der Waals surface area contributed by atoms with Gasteiger partial charge in [-0.05, 0) is 44.2 Å². The number of methoxy groups -OCH3 is 1. The summed E-state index contributed by atoms with van der Waals surface area (Å²) in [5.74, 6) is 0.140. The van der Waals surface area contributed by atoms with Crippen LogP contribution >= 0.6 is 0 Å². The number of allylic oxidation sites excluding steroid dienone is 1. The molecule has 2 saturated heterocycles. The number of carbonyl (C=O) groups is 1. The van der Waals surface area contributed by atoms with Gasteiger partial charge in [0.25, 0.3) is 0 Å². The maximum atomic E-state index is 13.1. The quantitative estimate of drug-likeness (QED) is 0.372. The fourth-order valence-electron chi connectivity index (χ4n) is 6.29. The van der Waals surface area contributed by atoms with Gasteiger partial charge < -0.3 is 33.9 Å². The minimum Gasteiger partial charge on any atom is -0.508 e. The molecule has 10 heteroatoms. The highest BCUT2D eigenvalue weighted by Crippen LogP contribution is 2.41. The molecular weight excluding hydrogens is 536 g/mol. The lowest BCUT2D eigenvalue weighted by Gasteiger charge is -2.36. The lowest BCUT2D eigenvalue weighted by molar-refractivity contribution is 0.0299. The predicted molar refractivity (Wildman–Crippen MR) is 161 cm³/mol. The van der Waals surface area contributed by atoms with E-state index in [0.29, 0.717) is 0 Å². The Morgan fingerprint density at radius 2 is 1.60 bits per heavy atom. The number of hydrogen-bond donors (Lipinski definition) is 2. The lowest BCUT2D eigenvalue weighted by atomic mass is 10.1. The number of piperazine rings is 1. The van der Waals surface area contributed by atoms with Crippen LogP contribution in [0.3, 0.4) is 0 Å². The third kappa shape index (κ3) is 5.85. The van der Waals surface area contributed by atoms with Crippen molar-refractivity contribution in [2.24, 2.45) is 0 Å². The molecule has 10 nitrogen and oxygen atoms in total. The number of hydrogen-bond acceptors (Lipinski definition) is 9. The van der Waals surface area contributed by atoms with Crippen LogP contribution < -0.4 is 9.47 Å². The second-order valence-electron chi connectivity index (χ2n) is 11.3. The molecule has 3 aliphatic rings. The molecular formula is C32H40N4O6. The number of ketones is 1. The van der Waals surface area contributed by atoms with E-state index >= 15 is 0 Å². The van der Waals surface area contributed by atoms with Crippen molar-refractivity contribution in [3.63, 3.8) is 0 Å². The van der Waals surface area contributed by atoms with E-state index in [0.717, 1.165) is 119 Å². The number of morpholine rings is 1. The molecule has 224 valence electrons. The summed E-state index contributed by atoms with van der Waals surface area (Å²) >= 11 is 0. The summed E-state index contributed by atoms with van der Waals surface area (Å²) in [6.45, 7) is 14.4. The van der Waals surface area contributed by atoms with Crippen molar-refractivity contribution in [1.82, 2.24) is 19.3 Å². The summed E-state index contributed by atoms with van der Waals surface area (Å²) in [6.07, 6.45) is 2.75. The minimum atomic E-state index is -0.408. The van der Waals surface area contributed by atoms with Crippen molar-refractivity contribution in [3.8, 4) is 23.0 Å². The molecule has 0 amide bonds. The molecule has 0 radical (unpaired) electrons. The molecule has 1 aromatic heterocycles. The molecule has 0 saturated carbocycles. The Bertz CT molecular complexity index is 1480. The van der Waals surface area contributed by atoms with Gasteiger partial charge in [0.2, 0.25) is 5.78 Å². The molecule has 0 spiro atoms. The largest absolute Gasteiger partial charge is 0.508 e. The molecule has 0 aliphatic carbocycles. The van der Waals surface area contributed by atoms with Crippen LogP contribution in [0.15, 0.2) is 36.1 Å². The van der Waals surface area contributed by atoms with Crippen molar-refractivity contribution in [1.29, 1.82) is 0 Å². The van der Waals surface area contributed by atoms with Crippen LogP contribution in [-0.4, -0.2) is 114 Å². The van der Waals surface area contributed by atoms with Gasteiger partial charge in [-0.15, -0.1) is 0 Å². The molecule has 0 unspecified atom stereocenters. The van der Waals surface area contributed by atoms with Gasteiger partial charge in [-0.25, -0.2) is 0 Å². The molecule has 4 heterocycles. The van der Waals surface area contributed by atoms with Gasteiger partial charge in [0, 0.05) is 93.2 Å². The molecule has 3 aliphatic heterocycles. The third-order valence-electron chi connectivity index (χ3n) is 8.75. The highest BCUT2D eigenvalue weighted by Gasteiger charge is 2.32. The standard InChI is InChI=1S/C32H40N4O6/c1-22-25(21-30-32(39)31-28(38)18-23(37)19-29(31)42-30)26-20-24(40-2)4-5-27(26)36(22)7-3-6-33-8-10-34(11-9-33)12-13-35-14-16-41-17-15-35/h4-5,18-21,37-38H,3,6-17H2,1-2H3/b30-21-. The number of phenols is 2. The summed E-state index contributed by atoms with van der Waals surface area (Å²) < 4.78 is 19.1. The highest BCUT2D eigenvalue weighted by molar-refractivity contribution is 6.17. The number of rotatable bonds is 9.